The molecule has 0 aromatic carbocycles. The molecule has 1 aliphatic carbocycles. The van der Waals surface area contributed by atoms with Crippen LogP contribution in [0.25, 0.3) is 0 Å². The van der Waals surface area contributed by atoms with E-state index in [1.54, 1.807) is 18.9 Å². The van der Waals surface area contributed by atoms with E-state index in [1.807, 2.05) is 0 Å². The Bertz CT molecular complexity index is 523. The summed E-state index contributed by atoms with van der Waals surface area (Å²) >= 11 is 0. The number of likely N-dealkylation sites (N-methyl/N-ethyl adjacent to an activating group) is 1. The van der Waals surface area contributed by atoms with Crippen molar-refractivity contribution in [2.75, 3.05) is 20.1 Å². The third-order valence-electron chi connectivity index (χ3n) is 5.07. The number of piperidine rings is 1. The summed E-state index contributed by atoms with van der Waals surface area (Å²) in [6.45, 7) is 2.46. The molecule has 1 amide bonds. The Labute approximate surface area is 122 Å². The lowest BCUT2D eigenvalue weighted by atomic mass is 9.93. The second-order valence-electron chi connectivity index (χ2n) is 6.05. The van der Waals surface area contributed by atoms with Crippen molar-refractivity contribution in [3.8, 4) is 0 Å². The molecule has 3 fully saturated rings. The second kappa shape index (κ2) is 4.50. The van der Waals surface area contributed by atoms with Crippen LogP contribution >= 0.6 is 0 Å². The van der Waals surface area contributed by atoms with Gasteiger partial charge < -0.3 is 15.6 Å². The van der Waals surface area contributed by atoms with E-state index in [4.69, 9.17) is 5.41 Å². The highest BCUT2D eigenvalue weighted by Gasteiger charge is 2.85. The van der Waals surface area contributed by atoms with E-state index in [1.165, 1.54) is 4.90 Å². The van der Waals surface area contributed by atoms with E-state index >= 15 is 0 Å². The van der Waals surface area contributed by atoms with Crippen molar-refractivity contribution in [3.63, 3.8) is 0 Å². The van der Waals surface area contributed by atoms with Crippen LogP contribution in [0.3, 0.4) is 0 Å². The first-order valence-electron chi connectivity index (χ1n) is 7.24. The summed E-state index contributed by atoms with van der Waals surface area (Å²) in [6, 6.07) is -3.01. The molecule has 116 valence electrons. The number of hydrogen-bond acceptors (Lipinski definition) is 4. The maximum atomic E-state index is 13.8. The van der Waals surface area contributed by atoms with Crippen LogP contribution in [-0.4, -0.2) is 59.7 Å². The molecule has 0 aromatic rings. The van der Waals surface area contributed by atoms with Gasteiger partial charge in [0, 0.05) is 25.8 Å². The van der Waals surface area contributed by atoms with Crippen LogP contribution < -0.4 is 5.32 Å². The number of amides is 1. The van der Waals surface area contributed by atoms with Gasteiger partial charge in [-0.25, -0.2) is 4.90 Å². The maximum Gasteiger partial charge on any atom is 0.324 e. The first-order chi connectivity index (χ1) is 9.89. The van der Waals surface area contributed by atoms with Gasteiger partial charge in [-0.2, -0.15) is 8.78 Å². The molecular formula is C14H20F2N4O. The third kappa shape index (κ3) is 1.90. The predicted octanol–water partition coefficient (Wildman–Crippen LogP) is 1.17. The van der Waals surface area contributed by atoms with Crippen molar-refractivity contribution < 1.29 is 13.6 Å². The Morgan fingerprint density at radius 1 is 1.52 bits per heavy atom. The molecule has 2 aliphatic heterocycles. The number of halogens is 2. The summed E-state index contributed by atoms with van der Waals surface area (Å²) in [5.74, 6) is 0. The summed E-state index contributed by atoms with van der Waals surface area (Å²) in [5.41, 5.74) is 0.891. The number of carbonyl (C=O) groups is 1. The molecule has 1 saturated carbocycles. The number of nitrogens with zero attached hydrogens (tertiary/aromatic N) is 2. The van der Waals surface area contributed by atoms with E-state index in [2.05, 4.69) is 5.32 Å². The van der Waals surface area contributed by atoms with Crippen molar-refractivity contribution in [1.29, 1.82) is 5.41 Å². The van der Waals surface area contributed by atoms with Crippen molar-refractivity contribution in [3.05, 3.63) is 11.3 Å². The average Bonchev–Trinajstić information content (AvgIpc) is 3.32. The molecule has 7 heteroatoms. The molecule has 2 N–H and O–H groups in total. The first-order valence-corrected chi connectivity index (χ1v) is 7.24. The van der Waals surface area contributed by atoms with Gasteiger partial charge in [-0.3, -0.25) is 4.79 Å². The molecule has 2 heterocycles. The Morgan fingerprint density at radius 3 is 2.67 bits per heavy atom. The van der Waals surface area contributed by atoms with Crippen LogP contribution in [0.5, 0.6) is 0 Å². The summed E-state index contributed by atoms with van der Waals surface area (Å²) in [6.07, 6.45) is 2.38. The highest BCUT2D eigenvalue weighted by atomic mass is 19.3. The zero-order chi connectivity index (χ0) is 15.4. The van der Waals surface area contributed by atoms with Crippen LogP contribution in [0.4, 0.5) is 8.78 Å². The minimum absolute atomic E-state index is 0.148. The fourth-order valence-corrected chi connectivity index (χ4v) is 3.32. The van der Waals surface area contributed by atoms with Crippen LogP contribution in [0.2, 0.25) is 0 Å². The Hall–Kier alpha value is -1.50. The van der Waals surface area contributed by atoms with Gasteiger partial charge in [0.05, 0.1) is 11.8 Å². The van der Waals surface area contributed by atoms with E-state index in [-0.39, 0.29) is 12.6 Å². The summed E-state index contributed by atoms with van der Waals surface area (Å²) in [7, 11) is 1.70. The molecule has 2 unspecified atom stereocenters. The van der Waals surface area contributed by atoms with Gasteiger partial charge in [0.15, 0.2) is 0 Å². The highest BCUT2D eigenvalue weighted by molar-refractivity contribution is 6.03. The van der Waals surface area contributed by atoms with Gasteiger partial charge in [-0.05, 0) is 31.8 Å². The van der Waals surface area contributed by atoms with Gasteiger partial charge in [0.25, 0.3) is 0 Å². The normalized spacial score (nSPS) is 34.7. The van der Waals surface area contributed by atoms with Crippen molar-refractivity contribution in [2.45, 2.75) is 43.8 Å². The number of alkyl halides is 2. The molecule has 0 bridgehead atoms. The number of nitrogens with one attached hydrogen (secondary N) is 2. The molecule has 0 aromatic heterocycles. The molecule has 3 aliphatic rings. The highest BCUT2D eigenvalue weighted by Crippen LogP contribution is 2.69. The number of hydrogen-bond donors (Lipinski definition) is 2. The monoisotopic (exact) mass is 298 g/mol. The average molecular weight is 298 g/mol. The SMILES string of the molecule is CN/C(CN1C(F)(F)C12CC2)=C1/CCN(C=O)C(C)C1=N. The molecule has 3 rings (SSSR count). The summed E-state index contributed by atoms with van der Waals surface area (Å²) < 4.78 is 27.5. The Kier molecular flexibility index (Phi) is 3.09. The maximum absolute atomic E-state index is 13.8. The minimum Gasteiger partial charge on any atom is -0.390 e. The van der Waals surface area contributed by atoms with Crippen LogP contribution in [0.15, 0.2) is 11.3 Å². The third-order valence-corrected chi connectivity index (χ3v) is 5.07. The van der Waals surface area contributed by atoms with E-state index in [0.717, 1.165) is 12.0 Å². The summed E-state index contributed by atoms with van der Waals surface area (Å²) in [5, 5.41) is 11.2. The van der Waals surface area contributed by atoms with Crippen LogP contribution in [0, 0.1) is 5.41 Å². The molecular weight excluding hydrogens is 278 g/mol. The van der Waals surface area contributed by atoms with E-state index < -0.39 is 11.6 Å². The lowest BCUT2D eigenvalue weighted by molar-refractivity contribution is -0.119. The van der Waals surface area contributed by atoms with Crippen LogP contribution in [-0.2, 0) is 4.79 Å². The molecule has 1 spiro atoms. The van der Waals surface area contributed by atoms with Gasteiger partial charge in [0.1, 0.15) is 5.54 Å². The largest absolute Gasteiger partial charge is 0.390 e. The van der Waals surface area contributed by atoms with E-state index in [0.29, 0.717) is 37.2 Å². The number of likely N-dealkylation sites (tertiary alicyclic amines) is 1. The molecule has 2 saturated heterocycles. The van der Waals surface area contributed by atoms with Crippen LogP contribution in [0.1, 0.15) is 26.2 Å². The standard InChI is InChI=1S/C14H20F2N4O/c1-9-12(17)10(3-6-19(9)8-21)11(18-2)7-20-13(4-5-13)14(20,15)16/h8-9,17-18H,3-7H2,1-2H3/b11-10-,17-12?. The van der Waals surface area contributed by atoms with Gasteiger partial charge in [-0.15, -0.1) is 0 Å². The topological polar surface area (TPSA) is 59.2 Å². The fraction of sp³-hybridized carbons (Fsp3) is 0.714. The summed E-state index contributed by atoms with van der Waals surface area (Å²) in [4.78, 5) is 13.7. The van der Waals surface area contributed by atoms with Gasteiger partial charge in [0.2, 0.25) is 6.41 Å². The minimum atomic E-state index is -2.70. The van der Waals surface area contributed by atoms with Crippen molar-refractivity contribution >= 4 is 12.1 Å². The van der Waals surface area contributed by atoms with Gasteiger partial charge in [-0.1, -0.05) is 0 Å². The zero-order valence-corrected chi connectivity index (χ0v) is 12.2. The van der Waals surface area contributed by atoms with E-state index in [9.17, 15) is 13.6 Å². The predicted molar refractivity (Wildman–Crippen MR) is 74.3 cm³/mol. The first kappa shape index (κ1) is 14.4. The van der Waals surface area contributed by atoms with Gasteiger partial charge >= 0.3 is 6.05 Å². The Morgan fingerprint density at radius 2 is 2.19 bits per heavy atom. The smallest absolute Gasteiger partial charge is 0.324 e. The van der Waals surface area contributed by atoms with Crippen molar-refractivity contribution in [2.24, 2.45) is 0 Å². The lowest BCUT2D eigenvalue weighted by Crippen LogP contribution is -2.45. The lowest BCUT2D eigenvalue weighted by Gasteiger charge is -2.33. The molecule has 2 atom stereocenters. The molecule has 0 radical (unpaired) electrons. The quantitative estimate of drug-likeness (QED) is 0.465. The van der Waals surface area contributed by atoms with Crippen molar-refractivity contribution in [1.82, 2.24) is 15.1 Å². The molecule has 5 nitrogen and oxygen atoms in total. The second-order valence-corrected chi connectivity index (χ2v) is 6.05. The Balaban J connectivity index is 1.79. The molecule has 21 heavy (non-hydrogen) atoms. The number of carbonyl (C=O) groups excluding carboxylic acids is 1. The number of rotatable bonds is 4. The fourth-order valence-electron chi connectivity index (χ4n) is 3.32. The zero-order valence-electron chi connectivity index (χ0n) is 12.2.